The minimum Gasteiger partial charge on any atom is -0.496 e. The summed E-state index contributed by atoms with van der Waals surface area (Å²) < 4.78 is 21.1. The first-order chi connectivity index (χ1) is 12.6. The zero-order chi connectivity index (χ0) is 18.9. The second-order valence-corrected chi connectivity index (χ2v) is 5.95. The molecule has 0 unspecified atom stereocenters. The number of carbonyl (C=O) groups excluding carboxylic acids is 1. The van der Waals surface area contributed by atoms with Gasteiger partial charge in [-0.3, -0.25) is 0 Å². The Balaban J connectivity index is 2.09. The van der Waals surface area contributed by atoms with E-state index in [1.54, 1.807) is 44.6 Å². The molecule has 0 heterocycles. The summed E-state index contributed by atoms with van der Waals surface area (Å²) in [6.07, 6.45) is 2.01. The van der Waals surface area contributed by atoms with E-state index in [-0.39, 0.29) is 5.97 Å². The monoisotopic (exact) mass is 420 g/mol. The van der Waals surface area contributed by atoms with Crippen LogP contribution in [0.15, 0.2) is 48.0 Å². The van der Waals surface area contributed by atoms with Crippen LogP contribution in [0.25, 0.3) is 6.08 Å². The third kappa shape index (κ3) is 5.52. The molecule has 2 rings (SSSR count). The Labute approximate surface area is 161 Å². The van der Waals surface area contributed by atoms with Crippen molar-refractivity contribution in [1.82, 2.24) is 0 Å². The lowest BCUT2D eigenvalue weighted by molar-refractivity contribution is 0.0600. The molecule has 2 aromatic rings. The van der Waals surface area contributed by atoms with Crippen molar-refractivity contribution in [3.63, 3.8) is 0 Å². The fourth-order valence-corrected chi connectivity index (χ4v) is 2.55. The van der Waals surface area contributed by atoms with Gasteiger partial charge in [-0.05, 0) is 23.3 Å². The highest BCUT2D eigenvalue weighted by atomic mass is 79.9. The van der Waals surface area contributed by atoms with E-state index in [1.807, 2.05) is 18.2 Å². The van der Waals surface area contributed by atoms with Gasteiger partial charge in [-0.2, -0.15) is 0 Å². The molecule has 0 N–H and O–H groups in total. The molecular weight excluding hydrogens is 400 g/mol. The lowest BCUT2D eigenvalue weighted by Crippen LogP contribution is -2.03. The molecule has 2 aromatic carbocycles. The molecular formula is C20H21BrO5. The maximum Gasteiger partial charge on any atom is 0.337 e. The number of methoxy groups -OCH3 is 3. The van der Waals surface area contributed by atoms with E-state index in [9.17, 15) is 4.79 Å². The van der Waals surface area contributed by atoms with Crippen LogP contribution in [0.2, 0.25) is 0 Å². The fourth-order valence-electron chi connectivity index (χ4n) is 2.23. The Hall–Kier alpha value is -2.47. The van der Waals surface area contributed by atoms with Gasteiger partial charge in [0, 0.05) is 23.5 Å². The van der Waals surface area contributed by atoms with Crippen molar-refractivity contribution in [2.45, 2.75) is 0 Å². The first-order valence-electron chi connectivity index (χ1n) is 7.89. The van der Waals surface area contributed by atoms with Crippen molar-refractivity contribution in [3.05, 3.63) is 59.2 Å². The Bertz CT molecular complexity index is 746. The van der Waals surface area contributed by atoms with Gasteiger partial charge in [0.25, 0.3) is 0 Å². The molecule has 0 saturated carbocycles. The van der Waals surface area contributed by atoms with Crippen LogP contribution in [0.5, 0.6) is 17.2 Å². The number of esters is 1. The Morgan fingerprint density at radius 1 is 0.962 bits per heavy atom. The van der Waals surface area contributed by atoms with Gasteiger partial charge in [-0.15, -0.1) is 0 Å². The molecule has 138 valence electrons. The molecule has 0 atom stereocenters. The van der Waals surface area contributed by atoms with Crippen LogP contribution in [0, 0.1) is 0 Å². The average Bonchev–Trinajstić information content (AvgIpc) is 2.70. The first kappa shape index (κ1) is 19.8. The van der Waals surface area contributed by atoms with Crippen LogP contribution in [0.3, 0.4) is 0 Å². The molecule has 0 aromatic heterocycles. The van der Waals surface area contributed by atoms with E-state index >= 15 is 0 Å². The molecule has 5 nitrogen and oxygen atoms in total. The summed E-state index contributed by atoms with van der Waals surface area (Å²) in [4.78, 5) is 11.5. The maximum absolute atomic E-state index is 11.5. The first-order valence-corrected chi connectivity index (χ1v) is 9.01. The maximum atomic E-state index is 11.5. The quantitative estimate of drug-likeness (QED) is 0.469. The predicted octanol–water partition coefficient (Wildman–Crippen LogP) is 4.35. The normalized spacial score (nSPS) is 11.0. The highest BCUT2D eigenvalue weighted by molar-refractivity contribution is 9.09. The molecule has 0 fully saturated rings. The molecule has 0 spiro atoms. The van der Waals surface area contributed by atoms with E-state index < -0.39 is 0 Å². The van der Waals surface area contributed by atoms with E-state index in [4.69, 9.17) is 18.9 Å². The molecule has 0 saturated heterocycles. The number of ether oxygens (including phenoxy) is 4. The van der Waals surface area contributed by atoms with Crippen molar-refractivity contribution < 1.29 is 23.7 Å². The van der Waals surface area contributed by atoms with Crippen molar-refractivity contribution >= 4 is 28.0 Å². The molecule has 0 bridgehead atoms. The van der Waals surface area contributed by atoms with Crippen LogP contribution in [-0.4, -0.2) is 39.2 Å². The number of rotatable bonds is 8. The van der Waals surface area contributed by atoms with Crippen LogP contribution in [0.1, 0.15) is 15.9 Å². The fraction of sp³-hybridized carbons (Fsp3) is 0.250. The van der Waals surface area contributed by atoms with Gasteiger partial charge in [0.05, 0.1) is 26.9 Å². The lowest BCUT2D eigenvalue weighted by atomic mass is 10.1. The smallest absolute Gasteiger partial charge is 0.337 e. The van der Waals surface area contributed by atoms with Crippen molar-refractivity contribution in [2.24, 2.45) is 0 Å². The zero-order valence-electron chi connectivity index (χ0n) is 15.0. The Kier molecular flexibility index (Phi) is 7.53. The summed E-state index contributed by atoms with van der Waals surface area (Å²) in [5, 5.41) is 0.660. The summed E-state index contributed by atoms with van der Waals surface area (Å²) in [5.41, 5.74) is 2.53. The molecule has 0 amide bonds. The van der Waals surface area contributed by atoms with Crippen molar-refractivity contribution in [1.29, 1.82) is 0 Å². The van der Waals surface area contributed by atoms with Gasteiger partial charge in [0.1, 0.15) is 23.9 Å². The highest BCUT2D eigenvalue weighted by Crippen LogP contribution is 2.27. The van der Waals surface area contributed by atoms with Crippen molar-refractivity contribution in [2.75, 3.05) is 33.3 Å². The van der Waals surface area contributed by atoms with E-state index in [0.717, 1.165) is 11.1 Å². The minimum atomic E-state index is -0.350. The number of halogens is 1. The third-order valence-corrected chi connectivity index (χ3v) is 4.34. The number of carbonyl (C=O) groups is 1. The van der Waals surface area contributed by atoms with Gasteiger partial charge in [0.15, 0.2) is 0 Å². The number of benzene rings is 2. The van der Waals surface area contributed by atoms with Crippen LogP contribution >= 0.6 is 15.9 Å². The average molecular weight is 421 g/mol. The summed E-state index contributed by atoms with van der Waals surface area (Å²) in [7, 11) is 4.56. The summed E-state index contributed by atoms with van der Waals surface area (Å²) in [5.74, 6) is 1.65. The summed E-state index contributed by atoms with van der Waals surface area (Å²) >= 11 is 3.48. The number of hydrogen-bond donors (Lipinski definition) is 0. The molecule has 0 aliphatic carbocycles. The second-order valence-electron chi connectivity index (χ2n) is 5.39. The van der Waals surface area contributed by atoms with Gasteiger partial charge in [0.2, 0.25) is 0 Å². The topological polar surface area (TPSA) is 54.0 Å². The number of hydrogen-bond acceptors (Lipinski definition) is 5. The highest BCUT2D eigenvalue weighted by Gasteiger charge is 2.06. The van der Waals surface area contributed by atoms with E-state index in [2.05, 4.69) is 15.9 Å². The van der Waals surface area contributed by atoms with Gasteiger partial charge in [-0.25, -0.2) is 4.79 Å². The predicted molar refractivity (Wildman–Crippen MR) is 105 cm³/mol. The Morgan fingerprint density at radius 2 is 1.54 bits per heavy atom. The van der Waals surface area contributed by atoms with Crippen molar-refractivity contribution in [3.8, 4) is 17.2 Å². The SMILES string of the molecule is COC(=O)c1ccc(C=C(CBr)COc2cc(OC)cc(OC)c2)cc1. The second kappa shape index (κ2) is 9.87. The van der Waals surface area contributed by atoms with Gasteiger partial charge < -0.3 is 18.9 Å². The largest absolute Gasteiger partial charge is 0.496 e. The molecule has 0 radical (unpaired) electrons. The van der Waals surface area contributed by atoms with Crippen LogP contribution < -0.4 is 14.2 Å². The standard InChI is InChI=1S/C20H21BrO5/c1-23-17-9-18(24-2)11-19(10-17)26-13-15(12-21)8-14-4-6-16(7-5-14)20(22)25-3/h4-11H,12-13H2,1-3H3. The molecule has 0 aliphatic rings. The van der Waals surface area contributed by atoms with Crippen LogP contribution in [-0.2, 0) is 4.74 Å². The van der Waals surface area contributed by atoms with E-state index in [0.29, 0.717) is 34.7 Å². The molecule has 26 heavy (non-hydrogen) atoms. The summed E-state index contributed by atoms with van der Waals surface area (Å²) in [6, 6.07) is 12.6. The van der Waals surface area contributed by atoms with Gasteiger partial charge in [-0.1, -0.05) is 34.1 Å². The minimum absolute atomic E-state index is 0.350. The lowest BCUT2D eigenvalue weighted by Gasteiger charge is -2.11. The molecule has 6 heteroatoms. The Morgan fingerprint density at radius 3 is 2.04 bits per heavy atom. The van der Waals surface area contributed by atoms with E-state index in [1.165, 1.54) is 7.11 Å². The van der Waals surface area contributed by atoms with Crippen LogP contribution in [0.4, 0.5) is 0 Å². The molecule has 0 aliphatic heterocycles. The number of alkyl halides is 1. The summed E-state index contributed by atoms with van der Waals surface area (Å²) in [6.45, 7) is 0.403. The van der Waals surface area contributed by atoms with Gasteiger partial charge >= 0.3 is 5.97 Å². The third-order valence-electron chi connectivity index (χ3n) is 3.62. The zero-order valence-corrected chi connectivity index (χ0v) is 16.5.